The first-order valence-corrected chi connectivity index (χ1v) is 3.68. The number of rotatable bonds is 1. The van der Waals surface area contributed by atoms with Crippen molar-refractivity contribution < 1.29 is 4.74 Å². The molecule has 0 aromatic heterocycles. The summed E-state index contributed by atoms with van der Waals surface area (Å²) >= 11 is 1.74. The molecule has 0 bridgehead atoms. The third-order valence-electron chi connectivity index (χ3n) is 0.945. The van der Waals surface area contributed by atoms with Crippen molar-refractivity contribution in [2.45, 2.75) is 0 Å². The summed E-state index contributed by atoms with van der Waals surface area (Å²) in [6.45, 7) is 0.729. The van der Waals surface area contributed by atoms with Crippen LogP contribution in [0.25, 0.3) is 0 Å². The van der Waals surface area contributed by atoms with Gasteiger partial charge in [0.15, 0.2) is 0 Å². The second kappa shape index (κ2) is 2.82. The highest BCUT2D eigenvalue weighted by Gasteiger charge is 1.91. The average molecular weight is 128 g/mol. The predicted molar refractivity (Wildman–Crippen MR) is 36.7 cm³/mol. The van der Waals surface area contributed by atoms with Gasteiger partial charge in [-0.1, -0.05) is 0 Å². The number of ether oxygens (including phenoxy) is 1. The minimum atomic E-state index is 0.729. The fourth-order valence-corrected chi connectivity index (χ4v) is 0.947. The minimum Gasteiger partial charge on any atom is -0.497 e. The molecule has 0 aromatic rings. The normalized spacial score (nSPS) is 17.4. The van der Waals surface area contributed by atoms with Crippen LogP contribution >= 0.6 is 11.8 Å². The van der Waals surface area contributed by atoms with E-state index in [4.69, 9.17) is 4.74 Å². The van der Waals surface area contributed by atoms with E-state index in [0.717, 1.165) is 6.61 Å². The molecule has 0 saturated heterocycles. The number of allylic oxidation sites excluding steroid dienone is 1. The van der Waals surface area contributed by atoms with Gasteiger partial charge in [0.25, 0.3) is 0 Å². The highest BCUT2D eigenvalue weighted by molar-refractivity contribution is 8.02. The molecule has 1 aliphatic rings. The van der Waals surface area contributed by atoms with Crippen molar-refractivity contribution in [2.75, 3.05) is 12.9 Å². The van der Waals surface area contributed by atoms with E-state index in [1.807, 2.05) is 6.08 Å². The van der Waals surface area contributed by atoms with E-state index < -0.39 is 0 Å². The zero-order valence-corrected chi connectivity index (χ0v) is 5.57. The van der Waals surface area contributed by atoms with Gasteiger partial charge in [-0.2, -0.15) is 0 Å². The lowest BCUT2D eigenvalue weighted by atomic mass is 10.4. The Morgan fingerprint density at radius 2 is 2.62 bits per heavy atom. The zero-order valence-electron chi connectivity index (χ0n) is 4.76. The van der Waals surface area contributed by atoms with Crippen LogP contribution in [0.3, 0.4) is 0 Å². The maximum atomic E-state index is 4.93. The molecule has 1 nitrogen and oxygen atoms in total. The standard InChI is InChI=1S/C6H8OS/c1-8-6-2-4-7-5-3-6/h2-4H,5H2,1H3. The van der Waals surface area contributed by atoms with Crippen LogP contribution < -0.4 is 0 Å². The molecule has 8 heavy (non-hydrogen) atoms. The van der Waals surface area contributed by atoms with Gasteiger partial charge in [-0.25, -0.2) is 0 Å². The molecule has 0 spiro atoms. The van der Waals surface area contributed by atoms with E-state index in [-0.39, 0.29) is 0 Å². The molecule has 0 aliphatic carbocycles. The van der Waals surface area contributed by atoms with Crippen LogP contribution in [0, 0.1) is 0 Å². The van der Waals surface area contributed by atoms with E-state index in [2.05, 4.69) is 12.3 Å². The predicted octanol–water partition coefficient (Wildman–Crippen LogP) is 1.78. The molecule has 0 fully saturated rings. The minimum absolute atomic E-state index is 0.729. The first-order valence-electron chi connectivity index (χ1n) is 2.46. The highest BCUT2D eigenvalue weighted by Crippen LogP contribution is 2.14. The number of hydrogen-bond acceptors (Lipinski definition) is 2. The average Bonchev–Trinajstić information content (AvgIpc) is 1.90. The molecule has 0 radical (unpaired) electrons. The smallest absolute Gasteiger partial charge is 0.107 e. The Hall–Kier alpha value is -0.370. The quantitative estimate of drug-likeness (QED) is 0.532. The zero-order chi connectivity index (χ0) is 5.82. The van der Waals surface area contributed by atoms with E-state index in [9.17, 15) is 0 Å². The van der Waals surface area contributed by atoms with Gasteiger partial charge < -0.3 is 4.74 Å². The lowest BCUT2D eigenvalue weighted by molar-refractivity contribution is 0.285. The first kappa shape index (κ1) is 5.76. The molecule has 0 N–H and O–H groups in total. The van der Waals surface area contributed by atoms with Gasteiger partial charge in [0.05, 0.1) is 6.26 Å². The van der Waals surface area contributed by atoms with Crippen LogP contribution in [-0.2, 0) is 4.74 Å². The van der Waals surface area contributed by atoms with Gasteiger partial charge in [0, 0.05) is 4.91 Å². The Morgan fingerprint density at radius 1 is 1.75 bits per heavy atom. The summed E-state index contributed by atoms with van der Waals surface area (Å²) in [6.07, 6.45) is 7.81. The van der Waals surface area contributed by atoms with E-state index in [0.29, 0.717) is 0 Å². The molecule has 2 heteroatoms. The maximum Gasteiger partial charge on any atom is 0.107 e. The second-order valence-electron chi connectivity index (χ2n) is 1.45. The number of thioether (sulfide) groups is 1. The monoisotopic (exact) mass is 128 g/mol. The van der Waals surface area contributed by atoms with Crippen LogP contribution in [0.2, 0.25) is 0 Å². The summed E-state index contributed by atoms with van der Waals surface area (Å²) in [6, 6.07) is 0. The van der Waals surface area contributed by atoms with Crippen molar-refractivity contribution in [1.82, 2.24) is 0 Å². The van der Waals surface area contributed by atoms with Gasteiger partial charge in [-0.05, 0) is 18.4 Å². The van der Waals surface area contributed by atoms with Crippen molar-refractivity contribution in [3.8, 4) is 0 Å². The summed E-state index contributed by atoms with van der Waals surface area (Å²) in [5.41, 5.74) is 0. The van der Waals surface area contributed by atoms with E-state index >= 15 is 0 Å². The molecule has 44 valence electrons. The van der Waals surface area contributed by atoms with Crippen molar-refractivity contribution in [1.29, 1.82) is 0 Å². The summed E-state index contributed by atoms with van der Waals surface area (Å²) in [5.74, 6) is 0. The molecular weight excluding hydrogens is 120 g/mol. The second-order valence-corrected chi connectivity index (χ2v) is 2.33. The molecule has 0 atom stereocenters. The van der Waals surface area contributed by atoms with Crippen LogP contribution in [-0.4, -0.2) is 12.9 Å². The lowest BCUT2D eigenvalue weighted by Gasteiger charge is -2.03. The van der Waals surface area contributed by atoms with Gasteiger partial charge in [-0.3, -0.25) is 0 Å². The molecule has 0 unspecified atom stereocenters. The van der Waals surface area contributed by atoms with Crippen LogP contribution in [0.15, 0.2) is 23.3 Å². The third-order valence-corrected chi connectivity index (χ3v) is 1.72. The Kier molecular flexibility index (Phi) is 2.03. The maximum absolute atomic E-state index is 4.93. The van der Waals surface area contributed by atoms with Gasteiger partial charge in [0.2, 0.25) is 0 Å². The summed E-state index contributed by atoms with van der Waals surface area (Å²) in [5, 5.41) is 0. The topological polar surface area (TPSA) is 9.23 Å². The van der Waals surface area contributed by atoms with Crippen molar-refractivity contribution >= 4 is 11.8 Å². The Labute approximate surface area is 53.4 Å². The summed E-state index contributed by atoms with van der Waals surface area (Å²) < 4.78 is 4.93. The van der Waals surface area contributed by atoms with E-state index in [1.165, 1.54) is 4.91 Å². The Bertz CT molecular complexity index is 126. The van der Waals surface area contributed by atoms with Crippen molar-refractivity contribution in [2.24, 2.45) is 0 Å². The lowest BCUT2D eigenvalue weighted by Crippen LogP contribution is -1.87. The van der Waals surface area contributed by atoms with Gasteiger partial charge in [0.1, 0.15) is 6.61 Å². The SMILES string of the molecule is CSC1=CCOC=C1. The molecule has 0 amide bonds. The van der Waals surface area contributed by atoms with Crippen molar-refractivity contribution in [3.63, 3.8) is 0 Å². The molecule has 0 saturated carbocycles. The Balaban J connectivity index is 2.51. The molecule has 1 rings (SSSR count). The molecule has 0 aromatic carbocycles. The summed E-state index contributed by atoms with van der Waals surface area (Å²) in [4.78, 5) is 1.29. The fourth-order valence-electron chi connectivity index (χ4n) is 0.520. The summed E-state index contributed by atoms with van der Waals surface area (Å²) in [7, 11) is 0. The molecular formula is C6H8OS. The Morgan fingerprint density at radius 3 is 3.00 bits per heavy atom. The van der Waals surface area contributed by atoms with E-state index in [1.54, 1.807) is 18.0 Å². The number of hydrogen-bond donors (Lipinski definition) is 0. The van der Waals surface area contributed by atoms with Crippen LogP contribution in [0.5, 0.6) is 0 Å². The van der Waals surface area contributed by atoms with Gasteiger partial charge in [-0.15, -0.1) is 11.8 Å². The van der Waals surface area contributed by atoms with Gasteiger partial charge >= 0.3 is 0 Å². The molecule has 1 heterocycles. The molecule has 1 aliphatic heterocycles. The largest absolute Gasteiger partial charge is 0.497 e. The fraction of sp³-hybridized carbons (Fsp3) is 0.333. The first-order chi connectivity index (χ1) is 3.93. The van der Waals surface area contributed by atoms with Crippen molar-refractivity contribution in [3.05, 3.63) is 23.3 Å². The van der Waals surface area contributed by atoms with Crippen LogP contribution in [0.4, 0.5) is 0 Å². The third kappa shape index (κ3) is 1.30. The highest BCUT2D eigenvalue weighted by atomic mass is 32.2. The van der Waals surface area contributed by atoms with Crippen LogP contribution in [0.1, 0.15) is 0 Å².